The van der Waals surface area contributed by atoms with Crippen molar-refractivity contribution < 1.29 is 12.8 Å². The summed E-state index contributed by atoms with van der Waals surface area (Å²) in [6, 6.07) is 12.5. The first-order valence-corrected chi connectivity index (χ1v) is 10.0. The first-order chi connectivity index (χ1) is 11.9. The molecule has 1 aliphatic carbocycles. The molecule has 0 radical (unpaired) electrons. The fourth-order valence-electron chi connectivity index (χ4n) is 3.58. The summed E-state index contributed by atoms with van der Waals surface area (Å²) in [6.07, 6.45) is 3.07. The Morgan fingerprint density at radius 1 is 1.16 bits per heavy atom. The smallest absolute Gasteiger partial charge is 0.262 e. The number of benzene rings is 2. The second-order valence-electron chi connectivity index (χ2n) is 6.93. The van der Waals surface area contributed by atoms with Crippen molar-refractivity contribution in [2.24, 2.45) is 5.92 Å². The van der Waals surface area contributed by atoms with Crippen LogP contribution in [0.2, 0.25) is 0 Å². The SMILES string of the molecule is Cc1ccccc1S(=O)(=O)Nc1ccc2oc3c(c2c1)C[C@@H](C)CC3. The van der Waals surface area contributed by atoms with Gasteiger partial charge in [0.05, 0.1) is 4.90 Å². The van der Waals surface area contributed by atoms with E-state index in [2.05, 4.69) is 11.6 Å². The zero-order valence-electron chi connectivity index (χ0n) is 14.4. The van der Waals surface area contributed by atoms with Crippen LogP contribution in [0.1, 0.15) is 30.2 Å². The first kappa shape index (κ1) is 16.2. The Kier molecular flexibility index (Phi) is 3.84. The van der Waals surface area contributed by atoms with Crippen LogP contribution in [-0.4, -0.2) is 8.42 Å². The highest BCUT2D eigenvalue weighted by Gasteiger charge is 2.23. The van der Waals surface area contributed by atoms with Gasteiger partial charge >= 0.3 is 0 Å². The summed E-state index contributed by atoms with van der Waals surface area (Å²) in [5, 5.41) is 1.02. The van der Waals surface area contributed by atoms with Crippen molar-refractivity contribution in [3.05, 3.63) is 59.4 Å². The lowest BCUT2D eigenvalue weighted by atomic mass is 9.88. The third-order valence-electron chi connectivity index (χ3n) is 4.93. The molecular formula is C20H21NO3S. The van der Waals surface area contributed by atoms with E-state index in [1.165, 1.54) is 5.56 Å². The van der Waals surface area contributed by atoms with Gasteiger partial charge < -0.3 is 4.42 Å². The highest BCUT2D eigenvalue weighted by atomic mass is 32.2. The average Bonchev–Trinajstić information content (AvgIpc) is 2.92. The second kappa shape index (κ2) is 5.92. The predicted molar refractivity (Wildman–Crippen MR) is 99.4 cm³/mol. The van der Waals surface area contributed by atoms with Gasteiger partial charge in [0.2, 0.25) is 0 Å². The predicted octanol–water partition coefficient (Wildman–Crippen LogP) is 4.67. The molecule has 0 saturated heterocycles. The van der Waals surface area contributed by atoms with Crippen LogP contribution in [0.3, 0.4) is 0 Å². The van der Waals surface area contributed by atoms with E-state index in [1.54, 1.807) is 31.2 Å². The molecule has 3 aromatic rings. The van der Waals surface area contributed by atoms with E-state index in [1.807, 2.05) is 18.2 Å². The normalized spacial score (nSPS) is 17.4. The zero-order valence-corrected chi connectivity index (χ0v) is 15.2. The fraction of sp³-hybridized carbons (Fsp3) is 0.300. The van der Waals surface area contributed by atoms with Crippen LogP contribution in [-0.2, 0) is 22.9 Å². The van der Waals surface area contributed by atoms with Gasteiger partial charge in [-0.3, -0.25) is 4.72 Å². The maximum atomic E-state index is 12.7. The van der Waals surface area contributed by atoms with Gasteiger partial charge in [0, 0.05) is 23.1 Å². The van der Waals surface area contributed by atoms with E-state index >= 15 is 0 Å². The molecule has 1 atom stereocenters. The molecule has 5 heteroatoms. The molecule has 0 unspecified atom stereocenters. The maximum absolute atomic E-state index is 12.7. The minimum Gasteiger partial charge on any atom is -0.461 e. The van der Waals surface area contributed by atoms with Gasteiger partial charge in [-0.1, -0.05) is 25.1 Å². The highest BCUT2D eigenvalue weighted by Crippen LogP contribution is 2.35. The molecule has 25 heavy (non-hydrogen) atoms. The quantitative estimate of drug-likeness (QED) is 0.743. The van der Waals surface area contributed by atoms with E-state index in [-0.39, 0.29) is 0 Å². The molecule has 1 aliphatic rings. The number of rotatable bonds is 3. The molecule has 130 valence electrons. The van der Waals surface area contributed by atoms with Gasteiger partial charge in [0.1, 0.15) is 11.3 Å². The fourth-order valence-corrected chi connectivity index (χ4v) is 4.88. The summed E-state index contributed by atoms with van der Waals surface area (Å²) >= 11 is 0. The van der Waals surface area contributed by atoms with Gasteiger partial charge in [-0.2, -0.15) is 0 Å². The van der Waals surface area contributed by atoms with Crippen molar-refractivity contribution >= 4 is 26.7 Å². The van der Waals surface area contributed by atoms with E-state index in [0.29, 0.717) is 16.5 Å². The Bertz CT molecular complexity index is 1050. The molecule has 1 heterocycles. The summed E-state index contributed by atoms with van der Waals surface area (Å²) < 4.78 is 34.1. The number of anilines is 1. The van der Waals surface area contributed by atoms with Crippen molar-refractivity contribution in [3.8, 4) is 0 Å². The molecule has 0 spiro atoms. The minimum atomic E-state index is -3.61. The summed E-state index contributed by atoms with van der Waals surface area (Å²) in [5.41, 5.74) is 3.35. The van der Waals surface area contributed by atoms with Crippen molar-refractivity contribution in [3.63, 3.8) is 0 Å². The third kappa shape index (κ3) is 2.93. The summed E-state index contributed by atoms with van der Waals surface area (Å²) in [7, 11) is -3.61. The van der Waals surface area contributed by atoms with E-state index in [9.17, 15) is 8.42 Å². The Labute approximate surface area is 147 Å². The van der Waals surface area contributed by atoms with Crippen molar-refractivity contribution in [2.45, 2.75) is 38.0 Å². The van der Waals surface area contributed by atoms with Crippen molar-refractivity contribution in [2.75, 3.05) is 4.72 Å². The van der Waals surface area contributed by atoms with Crippen molar-refractivity contribution in [1.82, 2.24) is 0 Å². The van der Waals surface area contributed by atoms with E-state index in [4.69, 9.17) is 4.42 Å². The number of nitrogens with one attached hydrogen (secondary N) is 1. The number of aryl methyl sites for hydroxylation is 2. The van der Waals surface area contributed by atoms with Gasteiger partial charge in [-0.25, -0.2) is 8.42 Å². The Hall–Kier alpha value is -2.27. The molecular weight excluding hydrogens is 334 g/mol. The Morgan fingerprint density at radius 3 is 2.76 bits per heavy atom. The molecule has 0 amide bonds. The van der Waals surface area contributed by atoms with E-state index in [0.717, 1.165) is 41.6 Å². The number of hydrogen-bond donors (Lipinski definition) is 1. The van der Waals surface area contributed by atoms with Gasteiger partial charge in [-0.15, -0.1) is 0 Å². The zero-order chi connectivity index (χ0) is 17.6. The summed E-state index contributed by atoms with van der Waals surface area (Å²) in [6.45, 7) is 4.04. The van der Waals surface area contributed by atoms with E-state index < -0.39 is 10.0 Å². The number of fused-ring (bicyclic) bond motifs is 3. The Morgan fingerprint density at radius 2 is 1.96 bits per heavy atom. The van der Waals surface area contributed by atoms with Gasteiger partial charge in [-0.05, 0) is 55.5 Å². The first-order valence-electron chi connectivity index (χ1n) is 8.57. The topological polar surface area (TPSA) is 59.3 Å². The highest BCUT2D eigenvalue weighted by molar-refractivity contribution is 7.92. The standard InChI is InChI=1S/C20H21NO3S/c1-13-7-9-18-16(11-13)17-12-15(8-10-19(17)24-18)21-25(22,23)20-6-4-3-5-14(20)2/h3-6,8,10,12-13,21H,7,9,11H2,1-2H3/t13-/m0/s1. The van der Waals surface area contributed by atoms with Crippen molar-refractivity contribution in [1.29, 1.82) is 0 Å². The van der Waals surface area contributed by atoms with Gasteiger partial charge in [0.15, 0.2) is 0 Å². The number of sulfonamides is 1. The third-order valence-corrected chi connectivity index (χ3v) is 6.47. The summed E-state index contributed by atoms with van der Waals surface area (Å²) in [4.78, 5) is 0.304. The lowest BCUT2D eigenvalue weighted by molar-refractivity contribution is 0.438. The Balaban J connectivity index is 1.73. The van der Waals surface area contributed by atoms with Crippen LogP contribution in [0.5, 0.6) is 0 Å². The average molecular weight is 355 g/mol. The lowest BCUT2D eigenvalue weighted by Crippen LogP contribution is -2.14. The van der Waals surface area contributed by atoms with Gasteiger partial charge in [0.25, 0.3) is 10.0 Å². The van der Waals surface area contributed by atoms with Crippen LogP contribution in [0.15, 0.2) is 51.8 Å². The van der Waals surface area contributed by atoms with Crippen LogP contribution in [0, 0.1) is 12.8 Å². The second-order valence-corrected chi connectivity index (χ2v) is 8.58. The molecule has 0 aliphatic heterocycles. The maximum Gasteiger partial charge on any atom is 0.262 e. The number of furan rings is 1. The minimum absolute atomic E-state index is 0.304. The molecule has 0 fully saturated rings. The molecule has 1 aromatic heterocycles. The van der Waals surface area contributed by atoms with Crippen LogP contribution in [0.4, 0.5) is 5.69 Å². The summed E-state index contributed by atoms with van der Waals surface area (Å²) in [5.74, 6) is 1.67. The lowest BCUT2D eigenvalue weighted by Gasteiger charge is -2.16. The molecule has 4 rings (SSSR count). The number of hydrogen-bond acceptors (Lipinski definition) is 3. The molecule has 1 N–H and O–H groups in total. The monoisotopic (exact) mass is 355 g/mol. The van der Waals surface area contributed by atoms with Crippen LogP contribution >= 0.6 is 0 Å². The molecule has 4 nitrogen and oxygen atoms in total. The molecule has 0 saturated carbocycles. The largest absolute Gasteiger partial charge is 0.461 e. The molecule has 2 aromatic carbocycles. The van der Waals surface area contributed by atoms with Crippen LogP contribution in [0.25, 0.3) is 11.0 Å². The molecule has 0 bridgehead atoms. The van der Waals surface area contributed by atoms with Crippen LogP contribution < -0.4 is 4.72 Å².